The maximum absolute atomic E-state index is 10.9. The lowest BCUT2D eigenvalue weighted by molar-refractivity contribution is -0.117. The summed E-state index contributed by atoms with van der Waals surface area (Å²) in [6, 6.07) is 0. The summed E-state index contributed by atoms with van der Waals surface area (Å²) < 4.78 is 5.52. The number of hydrogen-bond acceptors (Lipinski definition) is 2. The Balaban J connectivity index is 2.74. The second kappa shape index (κ2) is 4.56. The van der Waals surface area contributed by atoms with Crippen LogP contribution in [0, 0.1) is 11.8 Å². The van der Waals surface area contributed by atoms with Crippen molar-refractivity contribution in [3.8, 4) is 0 Å². The summed E-state index contributed by atoms with van der Waals surface area (Å²) in [4.78, 5) is 10.9. The van der Waals surface area contributed by atoms with Gasteiger partial charge in [0, 0.05) is 12.5 Å². The molecule has 2 nitrogen and oxygen atoms in total. The molecule has 74 valence electrons. The van der Waals surface area contributed by atoms with Crippen molar-refractivity contribution in [2.75, 3.05) is 6.61 Å². The van der Waals surface area contributed by atoms with Gasteiger partial charge >= 0.3 is 0 Å². The molecule has 1 rings (SSSR count). The van der Waals surface area contributed by atoms with Gasteiger partial charge in [0.1, 0.15) is 6.29 Å². The number of carbonyl (C=O) groups excluding carboxylic acids is 1. The van der Waals surface area contributed by atoms with Crippen molar-refractivity contribution in [3.63, 3.8) is 0 Å². The van der Waals surface area contributed by atoms with Gasteiger partial charge in [-0.3, -0.25) is 0 Å². The Morgan fingerprint density at radius 1 is 1.69 bits per heavy atom. The Kier molecular flexibility index (Phi) is 3.67. The van der Waals surface area contributed by atoms with Crippen molar-refractivity contribution >= 4 is 6.29 Å². The van der Waals surface area contributed by atoms with Crippen LogP contribution in [0.25, 0.3) is 0 Å². The molecular weight excluding hydrogens is 164 g/mol. The van der Waals surface area contributed by atoms with Crippen molar-refractivity contribution in [3.05, 3.63) is 11.6 Å². The summed E-state index contributed by atoms with van der Waals surface area (Å²) in [5, 5.41) is 0. The predicted octanol–water partition coefficient (Wildman–Crippen LogP) is 2.19. The first-order chi connectivity index (χ1) is 6.19. The highest BCUT2D eigenvalue weighted by Gasteiger charge is 2.29. The van der Waals surface area contributed by atoms with Crippen molar-refractivity contribution in [2.45, 2.75) is 33.3 Å². The lowest BCUT2D eigenvalue weighted by atomic mass is 9.80. The molecule has 0 aromatic rings. The molecule has 0 N–H and O–H groups in total. The highest BCUT2D eigenvalue weighted by atomic mass is 16.5. The minimum atomic E-state index is 0.00579. The third-order valence-electron chi connectivity index (χ3n) is 2.65. The fraction of sp³-hybridized carbons (Fsp3) is 0.727. The number of rotatable bonds is 3. The van der Waals surface area contributed by atoms with E-state index in [0.717, 1.165) is 12.7 Å². The maximum atomic E-state index is 10.9. The number of ether oxygens (including phenoxy) is 1. The Labute approximate surface area is 80.0 Å². The van der Waals surface area contributed by atoms with Crippen LogP contribution in [0.4, 0.5) is 0 Å². The monoisotopic (exact) mass is 182 g/mol. The average molecular weight is 182 g/mol. The lowest BCUT2D eigenvalue weighted by Gasteiger charge is -2.30. The van der Waals surface area contributed by atoms with Gasteiger partial charge in [-0.2, -0.15) is 0 Å². The van der Waals surface area contributed by atoms with Gasteiger partial charge in [-0.1, -0.05) is 18.6 Å². The smallest absolute Gasteiger partial charge is 0.126 e. The molecule has 0 aliphatic heterocycles. The van der Waals surface area contributed by atoms with E-state index in [1.165, 1.54) is 5.57 Å². The Bertz CT molecular complexity index is 208. The van der Waals surface area contributed by atoms with E-state index in [-0.39, 0.29) is 12.0 Å². The van der Waals surface area contributed by atoms with E-state index < -0.39 is 0 Å². The molecule has 0 bridgehead atoms. The number of aldehydes is 1. The van der Waals surface area contributed by atoms with E-state index in [0.29, 0.717) is 12.5 Å². The van der Waals surface area contributed by atoms with Crippen LogP contribution in [0.3, 0.4) is 0 Å². The third-order valence-corrected chi connectivity index (χ3v) is 2.65. The first-order valence-corrected chi connectivity index (χ1v) is 4.93. The number of allylic oxidation sites excluding steroid dienone is 1. The zero-order valence-corrected chi connectivity index (χ0v) is 8.62. The molecule has 0 heterocycles. The third kappa shape index (κ3) is 2.41. The fourth-order valence-electron chi connectivity index (χ4n) is 1.99. The summed E-state index contributed by atoms with van der Waals surface area (Å²) in [6.45, 7) is 6.85. The van der Waals surface area contributed by atoms with Gasteiger partial charge in [-0.25, -0.2) is 0 Å². The summed E-state index contributed by atoms with van der Waals surface area (Å²) in [6.07, 6.45) is 4.15. The van der Waals surface area contributed by atoms with Gasteiger partial charge in [-0.05, 0) is 26.2 Å². The van der Waals surface area contributed by atoms with Crippen LogP contribution in [0.1, 0.15) is 27.2 Å². The van der Waals surface area contributed by atoms with E-state index in [2.05, 4.69) is 19.9 Å². The standard InChI is InChI=1S/C11H18O2/c1-4-13-11-6-8(2)5-9(3)10(11)7-12/h6-7,9-11H,4-5H2,1-3H3. The first kappa shape index (κ1) is 10.5. The van der Waals surface area contributed by atoms with Gasteiger partial charge in [0.25, 0.3) is 0 Å². The van der Waals surface area contributed by atoms with Gasteiger partial charge in [0.2, 0.25) is 0 Å². The quantitative estimate of drug-likeness (QED) is 0.494. The second-order valence-electron chi connectivity index (χ2n) is 3.83. The van der Waals surface area contributed by atoms with Gasteiger partial charge in [-0.15, -0.1) is 0 Å². The predicted molar refractivity (Wildman–Crippen MR) is 52.5 cm³/mol. The summed E-state index contributed by atoms with van der Waals surface area (Å²) in [7, 11) is 0. The van der Waals surface area contributed by atoms with Crippen molar-refractivity contribution in [2.24, 2.45) is 11.8 Å². The fourth-order valence-corrected chi connectivity index (χ4v) is 1.99. The van der Waals surface area contributed by atoms with Crippen molar-refractivity contribution < 1.29 is 9.53 Å². The maximum Gasteiger partial charge on any atom is 0.126 e. The van der Waals surface area contributed by atoms with E-state index in [9.17, 15) is 4.79 Å². The molecule has 0 spiro atoms. The molecule has 0 saturated heterocycles. The Morgan fingerprint density at radius 3 is 2.92 bits per heavy atom. The highest BCUT2D eigenvalue weighted by Crippen LogP contribution is 2.29. The minimum absolute atomic E-state index is 0.00579. The molecule has 1 aliphatic rings. The van der Waals surface area contributed by atoms with Crippen molar-refractivity contribution in [1.29, 1.82) is 0 Å². The zero-order chi connectivity index (χ0) is 9.84. The molecule has 0 amide bonds. The van der Waals surface area contributed by atoms with Crippen LogP contribution < -0.4 is 0 Å². The largest absolute Gasteiger partial charge is 0.374 e. The average Bonchev–Trinajstić information content (AvgIpc) is 2.04. The zero-order valence-electron chi connectivity index (χ0n) is 8.62. The second-order valence-corrected chi connectivity index (χ2v) is 3.83. The number of carbonyl (C=O) groups is 1. The molecule has 0 aromatic heterocycles. The Hall–Kier alpha value is -0.630. The van der Waals surface area contributed by atoms with Crippen LogP contribution in [-0.2, 0) is 9.53 Å². The van der Waals surface area contributed by atoms with Crippen molar-refractivity contribution in [1.82, 2.24) is 0 Å². The topological polar surface area (TPSA) is 26.3 Å². The Morgan fingerprint density at radius 2 is 2.38 bits per heavy atom. The van der Waals surface area contributed by atoms with Crippen LogP contribution >= 0.6 is 0 Å². The van der Waals surface area contributed by atoms with E-state index >= 15 is 0 Å². The molecular formula is C11H18O2. The SMILES string of the molecule is CCOC1C=C(C)CC(C)C1C=O. The van der Waals surface area contributed by atoms with Crippen LogP contribution in [-0.4, -0.2) is 19.0 Å². The van der Waals surface area contributed by atoms with Crippen LogP contribution in [0.15, 0.2) is 11.6 Å². The van der Waals surface area contributed by atoms with E-state index in [1.54, 1.807) is 0 Å². The highest BCUT2D eigenvalue weighted by molar-refractivity contribution is 5.56. The molecule has 2 heteroatoms. The van der Waals surface area contributed by atoms with Gasteiger partial charge in [0.05, 0.1) is 6.10 Å². The van der Waals surface area contributed by atoms with Gasteiger partial charge in [0.15, 0.2) is 0 Å². The molecule has 0 aromatic carbocycles. The summed E-state index contributed by atoms with van der Waals surface area (Å²) in [5.41, 5.74) is 1.34. The van der Waals surface area contributed by atoms with Crippen LogP contribution in [0.5, 0.6) is 0 Å². The molecule has 3 atom stereocenters. The first-order valence-electron chi connectivity index (χ1n) is 4.93. The molecule has 3 unspecified atom stereocenters. The molecule has 0 radical (unpaired) electrons. The number of hydrogen-bond donors (Lipinski definition) is 0. The molecule has 13 heavy (non-hydrogen) atoms. The summed E-state index contributed by atoms with van der Waals surface area (Å²) in [5.74, 6) is 0.461. The van der Waals surface area contributed by atoms with Crippen LogP contribution in [0.2, 0.25) is 0 Å². The van der Waals surface area contributed by atoms with E-state index in [4.69, 9.17) is 4.74 Å². The molecule has 0 fully saturated rings. The summed E-state index contributed by atoms with van der Waals surface area (Å²) >= 11 is 0. The lowest BCUT2D eigenvalue weighted by Crippen LogP contribution is -2.32. The van der Waals surface area contributed by atoms with Gasteiger partial charge < -0.3 is 9.53 Å². The normalized spacial score (nSPS) is 34.1. The minimum Gasteiger partial charge on any atom is -0.374 e. The van der Waals surface area contributed by atoms with E-state index in [1.807, 2.05) is 6.92 Å². The molecule has 1 aliphatic carbocycles. The molecule has 0 saturated carbocycles.